The van der Waals surface area contributed by atoms with E-state index >= 15 is 0 Å². The fraction of sp³-hybridized carbons (Fsp3) is 0.312. The van der Waals surface area contributed by atoms with Crippen LogP contribution in [0.5, 0.6) is 5.75 Å². The minimum atomic E-state index is -2.89. The molecule has 0 bridgehead atoms. The van der Waals surface area contributed by atoms with E-state index in [4.69, 9.17) is 0 Å². The van der Waals surface area contributed by atoms with Gasteiger partial charge in [-0.2, -0.15) is 28.2 Å². The van der Waals surface area contributed by atoms with Gasteiger partial charge in [-0.05, 0) is 29.8 Å². The summed E-state index contributed by atoms with van der Waals surface area (Å²) in [5, 5.41) is 16.0. The third-order valence-corrected chi connectivity index (χ3v) is 3.44. The van der Waals surface area contributed by atoms with Crippen molar-refractivity contribution in [3.8, 4) is 5.75 Å². The molecule has 0 unspecified atom stereocenters. The summed E-state index contributed by atoms with van der Waals surface area (Å²) in [5.41, 5.74) is -0.0130. The van der Waals surface area contributed by atoms with Crippen LogP contribution in [0.3, 0.4) is 0 Å². The number of rotatable bonds is 4. The van der Waals surface area contributed by atoms with Crippen LogP contribution in [0.4, 0.5) is 8.78 Å². The molecule has 0 aliphatic carbocycles. The highest BCUT2D eigenvalue weighted by atomic mass is 19.3. The fourth-order valence-electron chi connectivity index (χ4n) is 2.21. The summed E-state index contributed by atoms with van der Waals surface area (Å²) in [6.07, 6.45) is 2.79. The third-order valence-electron chi connectivity index (χ3n) is 3.44. The van der Waals surface area contributed by atoms with E-state index in [1.807, 2.05) is 20.8 Å². The van der Waals surface area contributed by atoms with Crippen LogP contribution in [0, 0.1) is 0 Å². The van der Waals surface area contributed by atoms with Crippen molar-refractivity contribution in [3.05, 3.63) is 52.2 Å². The number of fused-ring (bicyclic) bond motifs is 1. The molecule has 136 valence electrons. The van der Waals surface area contributed by atoms with Crippen LogP contribution < -0.4 is 10.3 Å². The third kappa shape index (κ3) is 3.58. The molecule has 0 amide bonds. The zero-order valence-electron chi connectivity index (χ0n) is 14.3. The van der Waals surface area contributed by atoms with Crippen molar-refractivity contribution >= 4 is 12.0 Å². The Kier molecular flexibility index (Phi) is 4.49. The highest BCUT2D eigenvalue weighted by Gasteiger charge is 2.23. The first-order valence-electron chi connectivity index (χ1n) is 7.68. The largest absolute Gasteiger partial charge is 0.435 e. The van der Waals surface area contributed by atoms with E-state index in [-0.39, 0.29) is 11.5 Å². The summed E-state index contributed by atoms with van der Waals surface area (Å²) in [6, 6.07) is 5.85. The highest BCUT2D eigenvalue weighted by Crippen LogP contribution is 2.16. The van der Waals surface area contributed by atoms with Gasteiger partial charge in [0.1, 0.15) is 17.8 Å². The highest BCUT2D eigenvalue weighted by molar-refractivity contribution is 5.79. The first kappa shape index (κ1) is 17.6. The van der Waals surface area contributed by atoms with Crippen LogP contribution in [0.1, 0.15) is 32.0 Å². The van der Waals surface area contributed by atoms with Gasteiger partial charge in [0, 0.05) is 5.41 Å². The Morgan fingerprint density at radius 1 is 1.23 bits per heavy atom. The van der Waals surface area contributed by atoms with Crippen LogP contribution in [0.15, 0.2) is 40.5 Å². The Hall–Kier alpha value is -3.17. The second kappa shape index (κ2) is 6.62. The number of halogens is 2. The van der Waals surface area contributed by atoms with Crippen molar-refractivity contribution in [2.24, 2.45) is 5.10 Å². The standard InChI is InChI=1S/C16H16F2N6O2/c1-16(2,3)12-13(25)24(15-21-19-9-23(15)22-12)20-8-10-4-6-11(7-5-10)26-14(17)18/h4-9,14H,1-3H3/b20-8+. The topological polar surface area (TPSA) is 86.7 Å². The van der Waals surface area contributed by atoms with E-state index in [0.717, 1.165) is 4.68 Å². The van der Waals surface area contributed by atoms with Gasteiger partial charge in [-0.3, -0.25) is 4.79 Å². The molecule has 2 aromatic heterocycles. The number of hydrogen-bond acceptors (Lipinski definition) is 6. The summed E-state index contributed by atoms with van der Waals surface area (Å²) >= 11 is 0. The molecule has 0 saturated carbocycles. The van der Waals surface area contributed by atoms with E-state index < -0.39 is 17.6 Å². The molecule has 3 rings (SSSR count). The van der Waals surface area contributed by atoms with Crippen LogP contribution in [-0.4, -0.2) is 37.3 Å². The van der Waals surface area contributed by atoms with Crippen molar-refractivity contribution in [3.63, 3.8) is 0 Å². The molecule has 0 radical (unpaired) electrons. The van der Waals surface area contributed by atoms with E-state index in [9.17, 15) is 13.6 Å². The van der Waals surface area contributed by atoms with Gasteiger partial charge in [0.2, 0.25) is 0 Å². The van der Waals surface area contributed by atoms with Gasteiger partial charge < -0.3 is 4.74 Å². The van der Waals surface area contributed by atoms with Gasteiger partial charge in [-0.15, -0.1) is 10.2 Å². The average Bonchev–Trinajstić information content (AvgIpc) is 3.01. The van der Waals surface area contributed by atoms with Gasteiger partial charge in [0.05, 0.1) is 6.21 Å². The predicted octanol–water partition coefficient (Wildman–Crippen LogP) is 2.07. The van der Waals surface area contributed by atoms with Gasteiger partial charge in [-0.1, -0.05) is 20.8 Å². The Bertz CT molecular complexity index is 1000. The molecule has 0 fully saturated rings. The molecule has 2 heterocycles. The molecule has 0 atom stereocenters. The monoisotopic (exact) mass is 362 g/mol. The molecule has 0 spiro atoms. The van der Waals surface area contributed by atoms with Crippen LogP contribution in [-0.2, 0) is 5.41 Å². The molecular formula is C16H16F2N6O2. The zero-order chi connectivity index (χ0) is 18.9. The summed E-state index contributed by atoms with van der Waals surface area (Å²) in [6.45, 7) is 2.70. The smallest absolute Gasteiger partial charge is 0.387 e. The van der Waals surface area contributed by atoms with E-state index in [2.05, 4.69) is 25.1 Å². The van der Waals surface area contributed by atoms with Crippen molar-refractivity contribution in [2.75, 3.05) is 0 Å². The van der Waals surface area contributed by atoms with Crippen molar-refractivity contribution in [2.45, 2.75) is 32.8 Å². The predicted molar refractivity (Wildman–Crippen MR) is 89.8 cm³/mol. The summed E-state index contributed by atoms with van der Waals surface area (Å²) < 4.78 is 31.1. The van der Waals surface area contributed by atoms with Crippen molar-refractivity contribution in [1.29, 1.82) is 0 Å². The Balaban J connectivity index is 2.00. The van der Waals surface area contributed by atoms with Crippen LogP contribution in [0.25, 0.3) is 5.78 Å². The van der Waals surface area contributed by atoms with Gasteiger partial charge in [-0.25, -0.2) is 0 Å². The molecule has 0 aliphatic rings. The quantitative estimate of drug-likeness (QED) is 0.663. The van der Waals surface area contributed by atoms with Crippen molar-refractivity contribution < 1.29 is 13.5 Å². The van der Waals surface area contributed by atoms with Crippen LogP contribution >= 0.6 is 0 Å². The SMILES string of the molecule is CC(C)(C)c1nn2cnnc2n(/N=C/c2ccc(OC(F)F)cc2)c1=O. The Morgan fingerprint density at radius 2 is 1.92 bits per heavy atom. The van der Waals surface area contributed by atoms with Gasteiger partial charge in [0.25, 0.3) is 11.3 Å². The molecule has 26 heavy (non-hydrogen) atoms. The average molecular weight is 362 g/mol. The molecular weight excluding hydrogens is 346 g/mol. The summed E-state index contributed by atoms with van der Waals surface area (Å²) in [4.78, 5) is 12.7. The second-order valence-electron chi connectivity index (χ2n) is 6.48. The lowest BCUT2D eigenvalue weighted by Gasteiger charge is -2.16. The Labute approximate surface area is 146 Å². The maximum absolute atomic E-state index is 12.7. The number of nitrogens with zero attached hydrogens (tertiary/aromatic N) is 6. The maximum Gasteiger partial charge on any atom is 0.387 e. The summed E-state index contributed by atoms with van der Waals surface area (Å²) in [5.74, 6) is 0.199. The number of ether oxygens (including phenoxy) is 1. The van der Waals surface area contributed by atoms with E-state index in [0.29, 0.717) is 11.3 Å². The minimum Gasteiger partial charge on any atom is -0.435 e. The Morgan fingerprint density at radius 3 is 2.54 bits per heavy atom. The first-order valence-corrected chi connectivity index (χ1v) is 7.68. The normalized spacial score (nSPS) is 12.4. The zero-order valence-corrected chi connectivity index (χ0v) is 14.3. The lowest BCUT2D eigenvalue weighted by atomic mass is 9.93. The number of hydrogen-bond donors (Lipinski definition) is 0. The molecule has 3 aromatic rings. The first-order chi connectivity index (χ1) is 12.3. The molecule has 10 heteroatoms. The van der Waals surface area contributed by atoms with Gasteiger partial charge >= 0.3 is 6.61 Å². The molecule has 0 saturated heterocycles. The van der Waals surface area contributed by atoms with E-state index in [1.165, 1.54) is 29.2 Å². The molecule has 0 aliphatic heterocycles. The fourth-order valence-corrected chi connectivity index (χ4v) is 2.21. The van der Waals surface area contributed by atoms with Crippen molar-refractivity contribution in [1.82, 2.24) is 24.5 Å². The van der Waals surface area contributed by atoms with Gasteiger partial charge in [0.15, 0.2) is 0 Å². The second-order valence-corrected chi connectivity index (χ2v) is 6.48. The number of alkyl halides is 2. The lowest BCUT2D eigenvalue weighted by molar-refractivity contribution is -0.0498. The van der Waals surface area contributed by atoms with E-state index in [1.54, 1.807) is 12.1 Å². The van der Waals surface area contributed by atoms with Crippen LogP contribution in [0.2, 0.25) is 0 Å². The summed E-state index contributed by atoms with van der Waals surface area (Å²) in [7, 11) is 0. The maximum atomic E-state index is 12.7. The number of aromatic nitrogens is 5. The molecule has 8 nitrogen and oxygen atoms in total. The number of benzene rings is 1. The lowest BCUT2D eigenvalue weighted by Crippen LogP contribution is -2.33. The minimum absolute atomic E-state index is 0.0353. The molecule has 1 aromatic carbocycles. The molecule has 0 N–H and O–H groups in total.